The molecule has 9 heteroatoms. The molecule has 1 saturated heterocycles. The average Bonchev–Trinajstić information content (AvgIpc) is 3.01. The molecule has 0 radical (unpaired) electrons. The third-order valence-corrected chi connectivity index (χ3v) is 6.13. The monoisotopic (exact) mass is 439 g/mol. The molecule has 3 heterocycles. The molecule has 5 N–H and O–H groups in total. The lowest BCUT2D eigenvalue weighted by atomic mass is 10.1. The molecule has 1 atom stereocenters. The number of anilines is 1. The first kappa shape index (κ1) is 21.9. The largest absolute Gasteiger partial charge is 0.508 e. The Labute approximate surface area is 186 Å². The van der Waals surface area contributed by atoms with E-state index in [0.29, 0.717) is 48.0 Å². The maximum absolute atomic E-state index is 12.3. The summed E-state index contributed by atoms with van der Waals surface area (Å²) in [5.41, 5.74) is 15.7. The Bertz CT molecular complexity index is 1200. The number of carbonyl (C=O) groups excluding carboxylic acids is 1. The number of aryl methyl sites for hydroxylation is 2. The van der Waals surface area contributed by atoms with Gasteiger partial charge in [-0.05, 0) is 45.5 Å². The molecular formula is C23H29N5O4. The molecule has 1 amide bonds. The molecule has 9 nitrogen and oxygen atoms in total. The van der Waals surface area contributed by atoms with Gasteiger partial charge in [-0.15, -0.1) is 0 Å². The number of hydrogen-bond donors (Lipinski definition) is 3. The molecule has 4 rings (SSSR count). The first-order valence-electron chi connectivity index (χ1n) is 10.5. The number of aromatic hydroxyl groups is 1. The molecule has 170 valence electrons. The highest BCUT2D eigenvalue weighted by Gasteiger charge is 2.26. The number of aromatic nitrogens is 2. The summed E-state index contributed by atoms with van der Waals surface area (Å²) in [4.78, 5) is 19.2. The molecule has 0 bridgehead atoms. The second-order valence-electron chi connectivity index (χ2n) is 8.34. The standard InChI is InChI=1S/C23H29N5O4/c1-12-5-6-17(29)14(3)19(12)28-20(24)18(21(25)30)16-9-13(2)23(26-22(16)28)32-11-15-10-31-8-7-27(15)4/h5-6,9,15,29H,7-8,10-11,24H2,1-4H3,(H2,25,30)/t15-/m0/s1. The predicted molar refractivity (Wildman–Crippen MR) is 123 cm³/mol. The Kier molecular flexibility index (Phi) is 5.70. The summed E-state index contributed by atoms with van der Waals surface area (Å²) in [5.74, 6) is 0.101. The van der Waals surface area contributed by atoms with Crippen molar-refractivity contribution in [2.75, 3.05) is 39.1 Å². The van der Waals surface area contributed by atoms with Gasteiger partial charge in [0.25, 0.3) is 5.91 Å². The molecule has 1 aliphatic heterocycles. The van der Waals surface area contributed by atoms with Crippen LogP contribution in [0, 0.1) is 20.8 Å². The minimum absolute atomic E-state index is 0.120. The van der Waals surface area contributed by atoms with Crippen molar-refractivity contribution < 1.29 is 19.4 Å². The van der Waals surface area contributed by atoms with Crippen LogP contribution >= 0.6 is 0 Å². The second-order valence-corrected chi connectivity index (χ2v) is 8.34. The van der Waals surface area contributed by atoms with Crippen LogP contribution in [0.1, 0.15) is 27.0 Å². The number of rotatable bonds is 5. The average molecular weight is 440 g/mol. The predicted octanol–water partition coefficient (Wildman–Crippen LogP) is 2.05. The number of morpholine rings is 1. The quantitative estimate of drug-likeness (QED) is 0.555. The number of amides is 1. The smallest absolute Gasteiger partial charge is 0.253 e. The van der Waals surface area contributed by atoms with Gasteiger partial charge in [0.2, 0.25) is 5.88 Å². The molecule has 0 aliphatic carbocycles. The molecule has 3 aromatic rings. The van der Waals surface area contributed by atoms with Crippen molar-refractivity contribution in [1.82, 2.24) is 14.5 Å². The number of benzene rings is 1. The fourth-order valence-corrected chi connectivity index (χ4v) is 4.19. The van der Waals surface area contributed by atoms with Crippen LogP contribution in [0.4, 0.5) is 5.82 Å². The third kappa shape index (κ3) is 3.63. The summed E-state index contributed by atoms with van der Waals surface area (Å²) >= 11 is 0. The minimum atomic E-state index is -0.641. The molecule has 1 aliphatic rings. The van der Waals surface area contributed by atoms with Gasteiger partial charge in [-0.25, -0.2) is 0 Å². The van der Waals surface area contributed by atoms with Crippen molar-refractivity contribution in [3.63, 3.8) is 0 Å². The number of hydrogen-bond acceptors (Lipinski definition) is 7. The summed E-state index contributed by atoms with van der Waals surface area (Å²) in [6.45, 7) is 8.12. The van der Waals surface area contributed by atoms with Crippen molar-refractivity contribution in [2.24, 2.45) is 5.73 Å². The van der Waals surface area contributed by atoms with Gasteiger partial charge in [0.15, 0.2) is 5.65 Å². The summed E-state index contributed by atoms with van der Waals surface area (Å²) in [5, 5.41) is 10.9. The van der Waals surface area contributed by atoms with Gasteiger partial charge in [-0.1, -0.05) is 6.07 Å². The number of nitrogens with zero attached hydrogens (tertiary/aromatic N) is 3. The van der Waals surface area contributed by atoms with Gasteiger partial charge in [0, 0.05) is 23.1 Å². The summed E-state index contributed by atoms with van der Waals surface area (Å²) in [6.07, 6.45) is 0. The molecule has 0 unspecified atom stereocenters. The number of carbonyl (C=O) groups is 1. The first-order chi connectivity index (χ1) is 15.2. The Morgan fingerprint density at radius 3 is 2.75 bits per heavy atom. The number of pyridine rings is 1. The number of ether oxygens (including phenoxy) is 2. The van der Waals surface area contributed by atoms with Crippen LogP contribution in [-0.4, -0.2) is 64.9 Å². The first-order valence-corrected chi connectivity index (χ1v) is 10.5. The number of primary amides is 1. The third-order valence-electron chi connectivity index (χ3n) is 6.13. The highest BCUT2D eigenvalue weighted by molar-refractivity contribution is 6.11. The second kappa shape index (κ2) is 8.33. The van der Waals surface area contributed by atoms with Gasteiger partial charge in [0.05, 0.1) is 30.5 Å². The van der Waals surface area contributed by atoms with E-state index >= 15 is 0 Å². The zero-order valence-electron chi connectivity index (χ0n) is 18.8. The van der Waals surface area contributed by atoms with E-state index in [1.54, 1.807) is 23.6 Å². The van der Waals surface area contributed by atoms with Gasteiger partial charge in [0.1, 0.15) is 18.2 Å². The Hall–Kier alpha value is -3.30. The molecule has 0 spiro atoms. The van der Waals surface area contributed by atoms with E-state index in [9.17, 15) is 9.90 Å². The van der Waals surface area contributed by atoms with Gasteiger partial charge >= 0.3 is 0 Å². The Morgan fingerprint density at radius 2 is 2.06 bits per heavy atom. The summed E-state index contributed by atoms with van der Waals surface area (Å²) in [7, 11) is 2.04. The topological polar surface area (TPSA) is 129 Å². The van der Waals surface area contributed by atoms with Crippen molar-refractivity contribution in [1.29, 1.82) is 0 Å². The van der Waals surface area contributed by atoms with E-state index in [2.05, 4.69) is 4.90 Å². The highest BCUT2D eigenvalue weighted by Crippen LogP contribution is 2.37. The Morgan fingerprint density at radius 1 is 1.31 bits per heavy atom. The summed E-state index contributed by atoms with van der Waals surface area (Å²) in [6, 6.07) is 5.35. The number of likely N-dealkylation sites (N-methyl/N-ethyl adjacent to an activating group) is 1. The van der Waals surface area contributed by atoms with Crippen LogP contribution in [0.5, 0.6) is 11.6 Å². The number of phenols is 1. The lowest BCUT2D eigenvalue weighted by Crippen LogP contribution is -2.46. The van der Waals surface area contributed by atoms with Crippen LogP contribution in [0.2, 0.25) is 0 Å². The van der Waals surface area contributed by atoms with E-state index in [0.717, 1.165) is 17.7 Å². The molecular weight excluding hydrogens is 410 g/mol. The minimum Gasteiger partial charge on any atom is -0.508 e. The maximum Gasteiger partial charge on any atom is 0.253 e. The van der Waals surface area contributed by atoms with E-state index in [4.69, 9.17) is 25.9 Å². The fraction of sp³-hybridized carbons (Fsp3) is 0.391. The number of fused-ring (bicyclic) bond motifs is 1. The zero-order valence-corrected chi connectivity index (χ0v) is 18.8. The fourth-order valence-electron chi connectivity index (χ4n) is 4.19. The van der Waals surface area contributed by atoms with Crippen molar-refractivity contribution >= 4 is 22.8 Å². The SMILES string of the molecule is Cc1cc2c(C(N)=O)c(N)n(-c3c(C)ccc(O)c3C)c2nc1OC[C@@H]1COCCN1C. The van der Waals surface area contributed by atoms with Crippen molar-refractivity contribution in [2.45, 2.75) is 26.8 Å². The zero-order chi connectivity index (χ0) is 23.2. The summed E-state index contributed by atoms with van der Waals surface area (Å²) < 4.78 is 13.3. The molecule has 2 aromatic heterocycles. The van der Waals surface area contributed by atoms with Crippen molar-refractivity contribution in [3.8, 4) is 17.3 Å². The van der Waals surface area contributed by atoms with Crippen LogP contribution in [0.15, 0.2) is 18.2 Å². The normalized spacial score (nSPS) is 17.1. The van der Waals surface area contributed by atoms with Crippen LogP contribution in [-0.2, 0) is 4.74 Å². The molecule has 32 heavy (non-hydrogen) atoms. The van der Waals surface area contributed by atoms with E-state index < -0.39 is 5.91 Å². The van der Waals surface area contributed by atoms with Gasteiger partial charge in [-0.2, -0.15) is 4.98 Å². The van der Waals surface area contributed by atoms with Gasteiger partial charge < -0.3 is 26.0 Å². The van der Waals surface area contributed by atoms with Crippen LogP contribution in [0.3, 0.4) is 0 Å². The van der Waals surface area contributed by atoms with Crippen LogP contribution in [0.25, 0.3) is 16.7 Å². The lowest BCUT2D eigenvalue weighted by Gasteiger charge is -2.32. The number of nitrogens with two attached hydrogens (primary N) is 2. The molecule has 1 fully saturated rings. The Balaban J connectivity index is 1.87. The van der Waals surface area contributed by atoms with E-state index in [1.807, 2.05) is 27.0 Å². The number of phenolic OH excluding ortho intramolecular Hbond substituents is 1. The van der Waals surface area contributed by atoms with E-state index in [1.165, 1.54) is 0 Å². The van der Waals surface area contributed by atoms with Gasteiger partial charge in [-0.3, -0.25) is 14.3 Å². The van der Waals surface area contributed by atoms with E-state index in [-0.39, 0.29) is 23.2 Å². The van der Waals surface area contributed by atoms with Crippen molar-refractivity contribution in [3.05, 3.63) is 40.5 Å². The van der Waals surface area contributed by atoms with Crippen LogP contribution < -0.4 is 16.2 Å². The lowest BCUT2D eigenvalue weighted by molar-refractivity contribution is -0.0114. The molecule has 0 saturated carbocycles. The highest BCUT2D eigenvalue weighted by atomic mass is 16.5. The molecule has 1 aromatic carbocycles. The maximum atomic E-state index is 12.3. The number of nitrogen functional groups attached to an aromatic ring is 1.